The summed E-state index contributed by atoms with van der Waals surface area (Å²) < 4.78 is 10.5. The van der Waals surface area contributed by atoms with Crippen LogP contribution in [0.25, 0.3) is 0 Å². The molecule has 41 heavy (non-hydrogen) atoms. The number of amides is 3. The van der Waals surface area contributed by atoms with Gasteiger partial charge in [0.05, 0.1) is 37.1 Å². The van der Waals surface area contributed by atoms with Crippen LogP contribution >= 0.6 is 23.4 Å². The van der Waals surface area contributed by atoms with E-state index in [9.17, 15) is 14.4 Å². The fourth-order valence-electron chi connectivity index (χ4n) is 4.39. The number of carbonyl (C=O) groups excluding carboxylic acids is 3. The molecule has 3 aromatic rings. The Morgan fingerprint density at radius 1 is 1.00 bits per heavy atom. The van der Waals surface area contributed by atoms with E-state index in [1.54, 1.807) is 25.3 Å². The van der Waals surface area contributed by atoms with Crippen molar-refractivity contribution in [2.45, 2.75) is 19.0 Å². The molecule has 0 fully saturated rings. The maximum atomic E-state index is 13.5. The summed E-state index contributed by atoms with van der Waals surface area (Å²) in [5.74, 6) is 0.535. The zero-order valence-electron chi connectivity index (χ0n) is 22.2. The summed E-state index contributed by atoms with van der Waals surface area (Å²) in [4.78, 5) is 49.7. The molecule has 0 saturated heterocycles. The summed E-state index contributed by atoms with van der Waals surface area (Å²) in [6.45, 7) is 0.254. The van der Waals surface area contributed by atoms with E-state index in [2.05, 4.69) is 20.6 Å². The number of amidine groups is 2. The van der Waals surface area contributed by atoms with Gasteiger partial charge in [-0.05, 0) is 36.4 Å². The molecule has 0 saturated carbocycles. The Bertz CT molecular complexity index is 1580. The second-order valence-corrected chi connectivity index (χ2v) is 10.4. The smallest absolute Gasteiger partial charge is 0.259 e. The molecule has 12 heteroatoms. The van der Waals surface area contributed by atoms with Crippen molar-refractivity contribution in [1.29, 1.82) is 0 Å². The van der Waals surface area contributed by atoms with Crippen molar-refractivity contribution in [2.24, 2.45) is 9.98 Å². The molecule has 3 aromatic carbocycles. The molecular weight excluding hydrogens is 566 g/mol. The Balaban J connectivity index is 1.27. The number of benzene rings is 3. The molecule has 1 atom stereocenters. The molecule has 5 rings (SSSR count). The highest BCUT2D eigenvalue weighted by atomic mass is 35.5. The molecule has 3 amide bonds. The van der Waals surface area contributed by atoms with Crippen molar-refractivity contribution in [3.63, 3.8) is 0 Å². The van der Waals surface area contributed by atoms with Crippen LogP contribution in [0.15, 0.2) is 76.7 Å². The fraction of sp³-hybridized carbons (Fsp3) is 0.207. The quantitative estimate of drug-likeness (QED) is 0.381. The number of para-hydroxylation sites is 2. The Labute approximate surface area is 245 Å². The van der Waals surface area contributed by atoms with Crippen LogP contribution in [0.2, 0.25) is 5.02 Å². The van der Waals surface area contributed by atoms with Crippen LogP contribution in [-0.4, -0.2) is 59.6 Å². The molecule has 0 spiro atoms. The number of hydrogen-bond donors (Lipinski definition) is 2. The topological polar surface area (TPSA) is 122 Å². The summed E-state index contributed by atoms with van der Waals surface area (Å²) in [7, 11) is 3.08. The third kappa shape index (κ3) is 6.21. The van der Waals surface area contributed by atoms with Gasteiger partial charge < -0.3 is 20.1 Å². The third-order valence-electron chi connectivity index (χ3n) is 6.36. The molecule has 2 N–H and O–H groups in total. The molecule has 210 valence electrons. The molecule has 2 aliphatic heterocycles. The number of nitrogens with one attached hydrogen (secondary N) is 2. The van der Waals surface area contributed by atoms with Gasteiger partial charge in [0.25, 0.3) is 5.91 Å². The Kier molecular flexibility index (Phi) is 8.55. The summed E-state index contributed by atoms with van der Waals surface area (Å²) in [5, 5.41) is 6.31. The largest absolute Gasteiger partial charge is 0.496 e. The SMILES string of the molecule is COc1ccc(NC(=O)CSC2=Nc3ccccc3C3=N[C@H](CC(=O)NCc4ccccc4OC)C(=O)N23)cc1Cl. The summed E-state index contributed by atoms with van der Waals surface area (Å²) >= 11 is 7.26. The van der Waals surface area contributed by atoms with E-state index in [0.29, 0.717) is 44.5 Å². The number of nitrogens with zero attached hydrogens (tertiary/aromatic N) is 3. The van der Waals surface area contributed by atoms with E-state index < -0.39 is 6.04 Å². The molecule has 0 bridgehead atoms. The van der Waals surface area contributed by atoms with Crippen LogP contribution in [0, 0.1) is 0 Å². The molecular formula is C29H26ClN5O5S. The van der Waals surface area contributed by atoms with Gasteiger partial charge in [-0.2, -0.15) is 0 Å². The second-order valence-electron chi connectivity index (χ2n) is 9.03. The summed E-state index contributed by atoms with van der Waals surface area (Å²) in [6.07, 6.45) is -0.132. The first kappa shape index (κ1) is 28.2. The number of fused-ring (bicyclic) bond motifs is 3. The van der Waals surface area contributed by atoms with E-state index in [0.717, 1.165) is 17.3 Å². The lowest BCUT2D eigenvalue weighted by molar-refractivity contribution is -0.128. The third-order valence-corrected chi connectivity index (χ3v) is 7.60. The van der Waals surface area contributed by atoms with Gasteiger partial charge in [0, 0.05) is 23.4 Å². The van der Waals surface area contributed by atoms with Gasteiger partial charge in [-0.1, -0.05) is 53.7 Å². The Hall–Kier alpha value is -4.35. The first-order valence-corrected chi connectivity index (χ1v) is 14.0. The van der Waals surface area contributed by atoms with Gasteiger partial charge in [0.1, 0.15) is 23.4 Å². The van der Waals surface area contributed by atoms with Crippen molar-refractivity contribution in [2.75, 3.05) is 25.3 Å². The lowest BCUT2D eigenvalue weighted by Crippen LogP contribution is -2.42. The van der Waals surface area contributed by atoms with E-state index in [-0.39, 0.29) is 36.4 Å². The number of methoxy groups -OCH3 is 2. The maximum absolute atomic E-state index is 13.5. The van der Waals surface area contributed by atoms with Gasteiger partial charge in [0.2, 0.25) is 11.8 Å². The number of rotatable bonds is 9. The number of aliphatic imine (C=N–C) groups is 2. The summed E-state index contributed by atoms with van der Waals surface area (Å²) in [6, 6.07) is 18.7. The Morgan fingerprint density at radius 3 is 2.54 bits per heavy atom. The molecule has 10 nitrogen and oxygen atoms in total. The minimum Gasteiger partial charge on any atom is -0.496 e. The number of carbonyl (C=O) groups is 3. The molecule has 0 radical (unpaired) electrons. The van der Waals surface area contributed by atoms with E-state index in [4.69, 9.17) is 21.1 Å². The zero-order valence-corrected chi connectivity index (χ0v) is 23.8. The average Bonchev–Trinajstić information content (AvgIpc) is 3.30. The fourth-order valence-corrected chi connectivity index (χ4v) is 5.45. The van der Waals surface area contributed by atoms with E-state index in [1.807, 2.05) is 48.5 Å². The van der Waals surface area contributed by atoms with Crippen LogP contribution in [0.4, 0.5) is 11.4 Å². The van der Waals surface area contributed by atoms with Crippen LogP contribution in [-0.2, 0) is 20.9 Å². The molecule has 0 aliphatic carbocycles. The number of ether oxygens (including phenoxy) is 2. The Morgan fingerprint density at radius 2 is 1.76 bits per heavy atom. The first-order chi connectivity index (χ1) is 19.9. The molecule has 0 unspecified atom stereocenters. The van der Waals surface area contributed by atoms with Crippen molar-refractivity contribution >= 4 is 63.5 Å². The van der Waals surface area contributed by atoms with Gasteiger partial charge >= 0.3 is 0 Å². The minimum atomic E-state index is -0.921. The van der Waals surface area contributed by atoms with Gasteiger partial charge in [-0.15, -0.1) is 0 Å². The monoisotopic (exact) mass is 591 g/mol. The number of halogens is 1. The summed E-state index contributed by atoms with van der Waals surface area (Å²) in [5.41, 5.74) is 2.64. The molecule has 2 aliphatic rings. The standard InChI is InChI=1S/C29H26ClN5O5S/c1-39-23-10-6-3-7-17(23)15-31-25(36)14-22-28(38)35-27(33-22)19-8-4-5-9-21(19)34-29(35)41-16-26(37)32-18-11-12-24(40-2)20(30)13-18/h3-13,22H,14-16H2,1-2H3,(H,31,36)(H,32,37)/t22-/m1/s1. The highest BCUT2D eigenvalue weighted by molar-refractivity contribution is 8.14. The lowest BCUT2D eigenvalue weighted by atomic mass is 10.1. The van der Waals surface area contributed by atoms with Gasteiger partial charge in [0.15, 0.2) is 5.17 Å². The van der Waals surface area contributed by atoms with Gasteiger partial charge in [-0.25, -0.2) is 9.89 Å². The van der Waals surface area contributed by atoms with Crippen LogP contribution in [0.1, 0.15) is 17.5 Å². The van der Waals surface area contributed by atoms with Crippen LogP contribution in [0.5, 0.6) is 11.5 Å². The van der Waals surface area contributed by atoms with E-state index >= 15 is 0 Å². The first-order valence-electron chi connectivity index (χ1n) is 12.6. The highest BCUT2D eigenvalue weighted by Gasteiger charge is 2.42. The predicted molar refractivity (Wildman–Crippen MR) is 159 cm³/mol. The number of thioether (sulfide) groups is 1. The van der Waals surface area contributed by atoms with Crippen LogP contribution in [0.3, 0.4) is 0 Å². The zero-order chi connectivity index (χ0) is 28.9. The minimum absolute atomic E-state index is 0.0221. The molecule has 0 aromatic heterocycles. The highest BCUT2D eigenvalue weighted by Crippen LogP contribution is 2.34. The predicted octanol–water partition coefficient (Wildman–Crippen LogP) is 4.39. The second kappa shape index (κ2) is 12.4. The maximum Gasteiger partial charge on any atom is 0.259 e. The normalized spacial score (nSPS) is 15.3. The van der Waals surface area contributed by atoms with Crippen molar-refractivity contribution < 1.29 is 23.9 Å². The lowest BCUT2D eigenvalue weighted by Gasteiger charge is -2.25. The van der Waals surface area contributed by atoms with Gasteiger partial charge in [-0.3, -0.25) is 19.4 Å². The van der Waals surface area contributed by atoms with Crippen molar-refractivity contribution in [3.8, 4) is 11.5 Å². The molecule has 2 heterocycles. The average molecular weight is 592 g/mol. The van der Waals surface area contributed by atoms with Crippen LogP contribution < -0.4 is 20.1 Å². The number of hydrogen-bond acceptors (Lipinski definition) is 8. The van der Waals surface area contributed by atoms with Crippen molar-refractivity contribution in [1.82, 2.24) is 10.2 Å². The van der Waals surface area contributed by atoms with Crippen molar-refractivity contribution in [3.05, 3.63) is 82.9 Å². The number of anilines is 1. The van der Waals surface area contributed by atoms with E-state index in [1.165, 1.54) is 12.0 Å².